The summed E-state index contributed by atoms with van der Waals surface area (Å²) in [5, 5.41) is 0. The van der Waals surface area contributed by atoms with Crippen molar-refractivity contribution in [1.29, 1.82) is 0 Å². The van der Waals surface area contributed by atoms with E-state index in [2.05, 4.69) is 19.1 Å². The molecule has 0 aliphatic heterocycles. The quantitative estimate of drug-likeness (QED) is 0.117. The minimum Gasteiger partial charge on any atom is -0.423 e. The Labute approximate surface area is 227 Å². The number of carbonyl (C=O) groups excluding carboxylic acids is 1. The van der Waals surface area contributed by atoms with E-state index < -0.39 is 40.6 Å². The van der Waals surface area contributed by atoms with Crippen molar-refractivity contribution in [3.05, 3.63) is 112 Å². The molecule has 206 valence electrons. The van der Waals surface area contributed by atoms with E-state index in [-0.39, 0.29) is 17.9 Å². The van der Waals surface area contributed by atoms with E-state index in [0.717, 1.165) is 44.2 Å². The average Bonchev–Trinajstić information content (AvgIpc) is 2.90. The maximum Gasteiger partial charge on any atom is 0.349 e. The van der Waals surface area contributed by atoms with Crippen LogP contribution in [0.15, 0.2) is 66.7 Å². The van der Waals surface area contributed by atoms with Gasteiger partial charge in [0.05, 0.1) is 0 Å². The first kappa shape index (κ1) is 28.6. The summed E-state index contributed by atoms with van der Waals surface area (Å²) >= 11 is 0. The van der Waals surface area contributed by atoms with E-state index in [1.165, 1.54) is 17.7 Å². The Morgan fingerprint density at radius 3 is 2.13 bits per heavy atom. The highest BCUT2D eigenvalue weighted by Gasteiger charge is 2.28. The van der Waals surface area contributed by atoms with E-state index in [1.54, 1.807) is 19.1 Å². The maximum absolute atomic E-state index is 15.0. The van der Waals surface area contributed by atoms with Crippen LogP contribution in [0.5, 0.6) is 5.75 Å². The van der Waals surface area contributed by atoms with Crippen LogP contribution in [-0.2, 0) is 6.42 Å². The molecule has 0 spiro atoms. The fourth-order valence-electron chi connectivity index (χ4n) is 5.60. The third-order valence-electron chi connectivity index (χ3n) is 7.76. The van der Waals surface area contributed by atoms with E-state index >= 15 is 0 Å². The zero-order chi connectivity index (χ0) is 27.9. The number of esters is 1. The molecule has 3 aromatic carbocycles. The average molecular weight is 539 g/mol. The van der Waals surface area contributed by atoms with Crippen molar-refractivity contribution in [2.75, 3.05) is 0 Å². The maximum atomic E-state index is 15.0. The molecule has 1 aliphatic rings. The molecule has 2 nitrogen and oxygen atoms in total. The molecule has 0 N–H and O–H groups in total. The number of allylic oxidation sites excluding steroid dienone is 2. The summed E-state index contributed by atoms with van der Waals surface area (Å²) in [5.74, 6) is -4.64. The number of carbonyl (C=O) groups is 1. The van der Waals surface area contributed by atoms with Crippen LogP contribution in [0.3, 0.4) is 0 Å². The molecule has 0 heterocycles. The van der Waals surface area contributed by atoms with Crippen LogP contribution >= 0.6 is 0 Å². The SMILES string of the molecule is C/C=C/CCc1c(F)cc(OC(=O)c2c(F)cc(C3CCC(CC(C)c4ccccc4)CC3)cc2F)cc1F. The Bertz CT molecular complexity index is 1260. The number of rotatable bonds is 9. The zero-order valence-corrected chi connectivity index (χ0v) is 22.4. The Morgan fingerprint density at radius 2 is 1.54 bits per heavy atom. The molecule has 1 fully saturated rings. The first-order chi connectivity index (χ1) is 18.8. The summed E-state index contributed by atoms with van der Waals surface area (Å²) in [6.45, 7) is 4.03. The third kappa shape index (κ3) is 7.17. The Hall–Kier alpha value is -3.41. The highest BCUT2D eigenvalue weighted by atomic mass is 19.1. The lowest BCUT2D eigenvalue weighted by Gasteiger charge is -2.30. The molecule has 6 heteroatoms. The van der Waals surface area contributed by atoms with Gasteiger partial charge >= 0.3 is 5.97 Å². The molecule has 0 bridgehead atoms. The molecule has 39 heavy (non-hydrogen) atoms. The second kappa shape index (κ2) is 13.1. The monoisotopic (exact) mass is 538 g/mol. The summed E-state index contributed by atoms with van der Waals surface area (Å²) in [6, 6.07) is 14.5. The molecule has 1 aliphatic carbocycles. The normalized spacial score (nSPS) is 18.3. The van der Waals surface area contributed by atoms with Crippen LogP contribution in [0.4, 0.5) is 17.6 Å². The summed E-state index contributed by atoms with van der Waals surface area (Å²) in [7, 11) is 0. The van der Waals surface area contributed by atoms with Crippen LogP contribution in [0, 0.1) is 29.2 Å². The first-order valence-electron chi connectivity index (χ1n) is 13.6. The lowest BCUT2D eigenvalue weighted by atomic mass is 9.75. The predicted molar refractivity (Wildman–Crippen MR) is 145 cm³/mol. The van der Waals surface area contributed by atoms with Gasteiger partial charge in [-0.2, -0.15) is 0 Å². The number of ether oxygens (including phenoxy) is 1. The van der Waals surface area contributed by atoms with Crippen molar-refractivity contribution in [3.63, 3.8) is 0 Å². The number of halogens is 4. The van der Waals surface area contributed by atoms with Crippen LogP contribution < -0.4 is 4.74 Å². The van der Waals surface area contributed by atoms with Gasteiger partial charge in [0.25, 0.3) is 0 Å². The second-order valence-corrected chi connectivity index (χ2v) is 10.5. The second-order valence-electron chi connectivity index (χ2n) is 10.5. The van der Waals surface area contributed by atoms with Crippen molar-refractivity contribution in [3.8, 4) is 5.75 Å². The lowest BCUT2D eigenvalue weighted by molar-refractivity contribution is 0.0723. The molecular weight excluding hydrogens is 504 g/mol. The molecule has 0 aromatic heterocycles. The topological polar surface area (TPSA) is 26.3 Å². The third-order valence-corrected chi connectivity index (χ3v) is 7.76. The predicted octanol–water partition coefficient (Wildman–Crippen LogP) is 9.44. The molecule has 0 amide bonds. The van der Waals surface area contributed by atoms with Crippen LogP contribution in [0.2, 0.25) is 0 Å². The summed E-state index contributed by atoms with van der Waals surface area (Å²) in [5.41, 5.74) is 0.816. The molecule has 3 aromatic rings. The van der Waals surface area contributed by atoms with Gasteiger partial charge in [0.2, 0.25) is 0 Å². The summed E-state index contributed by atoms with van der Waals surface area (Å²) in [4.78, 5) is 12.6. The lowest BCUT2D eigenvalue weighted by Crippen LogP contribution is -2.17. The van der Waals surface area contributed by atoms with Crippen molar-refractivity contribution < 1.29 is 27.1 Å². The van der Waals surface area contributed by atoms with E-state index in [4.69, 9.17) is 4.74 Å². The number of hydrogen-bond donors (Lipinski definition) is 0. The standard InChI is InChI=1S/C33H34F4O2/c1-3-4-6-11-27-28(34)19-26(20-29(27)35)39-33(38)32-30(36)17-25(18-31(32)37)24-14-12-22(13-15-24)16-21(2)23-9-7-5-8-10-23/h3-5,7-10,17-22,24H,6,11-16H2,1-2H3/b4-3+. The highest BCUT2D eigenvalue weighted by Crippen LogP contribution is 2.40. The van der Waals surface area contributed by atoms with E-state index in [9.17, 15) is 22.4 Å². The molecule has 1 atom stereocenters. The molecular formula is C33H34F4O2. The number of benzene rings is 3. The van der Waals surface area contributed by atoms with Crippen LogP contribution in [0.1, 0.15) is 91.3 Å². The van der Waals surface area contributed by atoms with Crippen molar-refractivity contribution in [2.45, 2.75) is 70.6 Å². The molecule has 1 saturated carbocycles. The Kier molecular flexibility index (Phi) is 9.60. The molecule has 1 unspecified atom stereocenters. The van der Waals surface area contributed by atoms with Crippen molar-refractivity contribution >= 4 is 5.97 Å². The van der Waals surface area contributed by atoms with E-state index in [1.807, 2.05) is 18.2 Å². The van der Waals surface area contributed by atoms with Gasteiger partial charge in [-0.3, -0.25) is 0 Å². The zero-order valence-electron chi connectivity index (χ0n) is 22.4. The minimum absolute atomic E-state index is 0.000594. The fourth-order valence-corrected chi connectivity index (χ4v) is 5.60. The Morgan fingerprint density at radius 1 is 0.923 bits per heavy atom. The fraction of sp³-hybridized carbons (Fsp3) is 0.364. The summed E-state index contributed by atoms with van der Waals surface area (Å²) < 4.78 is 63.7. The largest absolute Gasteiger partial charge is 0.423 e. The van der Waals surface area contributed by atoms with Gasteiger partial charge in [-0.15, -0.1) is 0 Å². The van der Waals surface area contributed by atoms with Gasteiger partial charge in [-0.25, -0.2) is 22.4 Å². The molecule has 4 rings (SSSR count). The molecule has 0 saturated heterocycles. The van der Waals surface area contributed by atoms with E-state index in [0.29, 0.717) is 23.8 Å². The van der Waals surface area contributed by atoms with Gasteiger partial charge in [0, 0.05) is 17.7 Å². The van der Waals surface area contributed by atoms with Crippen LogP contribution in [0.25, 0.3) is 0 Å². The highest BCUT2D eigenvalue weighted by molar-refractivity contribution is 5.91. The van der Waals surface area contributed by atoms with Gasteiger partial charge in [-0.05, 0) is 92.9 Å². The van der Waals surface area contributed by atoms with Gasteiger partial charge < -0.3 is 4.74 Å². The first-order valence-corrected chi connectivity index (χ1v) is 13.6. The summed E-state index contributed by atoms with van der Waals surface area (Å²) in [6.07, 6.45) is 8.77. The Balaban J connectivity index is 1.39. The number of hydrogen-bond acceptors (Lipinski definition) is 2. The smallest absolute Gasteiger partial charge is 0.349 e. The minimum atomic E-state index is -1.34. The van der Waals surface area contributed by atoms with Crippen molar-refractivity contribution in [2.24, 2.45) is 5.92 Å². The van der Waals surface area contributed by atoms with Crippen molar-refractivity contribution in [1.82, 2.24) is 0 Å². The van der Waals surface area contributed by atoms with Gasteiger partial charge in [0.15, 0.2) is 0 Å². The molecule has 0 radical (unpaired) electrons. The van der Waals surface area contributed by atoms with Gasteiger partial charge in [-0.1, -0.05) is 49.4 Å². The van der Waals surface area contributed by atoms with Crippen LogP contribution in [-0.4, -0.2) is 5.97 Å². The van der Waals surface area contributed by atoms with Gasteiger partial charge in [0.1, 0.15) is 34.6 Å².